The van der Waals surface area contributed by atoms with Crippen molar-refractivity contribution in [3.63, 3.8) is 0 Å². The zero-order chi connectivity index (χ0) is 62.2. The molecule has 0 saturated carbocycles. The fourth-order valence-electron chi connectivity index (χ4n) is 11.2. The van der Waals surface area contributed by atoms with Crippen LogP contribution in [0, 0.1) is 0 Å². The van der Waals surface area contributed by atoms with E-state index in [-0.39, 0.29) is 57.0 Å². The third-order valence-electron chi connectivity index (χ3n) is 16.9. The fraction of sp³-hybridized carbons (Fsp3) is 0.720. The molecule has 12 nitrogen and oxygen atoms in total. The second-order valence-electron chi connectivity index (χ2n) is 24.6. The number of ether oxygens (including phenoxy) is 6. The van der Waals surface area contributed by atoms with Gasteiger partial charge in [0.25, 0.3) is 17.7 Å². The smallest absolute Gasteiger partial charge is 0.254 e. The first kappa shape index (κ1) is 74.3. The minimum absolute atomic E-state index is 0.196. The summed E-state index contributed by atoms with van der Waals surface area (Å²) in [7, 11) is 0. The van der Waals surface area contributed by atoms with Crippen molar-refractivity contribution in [2.45, 2.75) is 273 Å². The summed E-state index contributed by atoms with van der Waals surface area (Å²) in [5, 5.41) is 0. The van der Waals surface area contributed by atoms with Crippen molar-refractivity contribution < 1.29 is 42.8 Å². The molecular formula is C75H123N3O9. The highest BCUT2D eigenvalue weighted by Gasteiger charge is 2.28. The summed E-state index contributed by atoms with van der Waals surface area (Å²) >= 11 is 0. The Hall–Kier alpha value is -5.13. The van der Waals surface area contributed by atoms with Crippen molar-refractivity contribution >= 4 is 17.7 Å². The average molecular weight is 1210 g/mol. The van der Waals surface area contributed by atoms with Gasteiger partial charge < -0.3 is 43.1 Å². The van der Waals surface area contributed by atoms with E-state index in [1.165, 1.54) is 154 Å². The highest BCUT2D eigenvalue weighted by atomic mass is 16.5. The van der Waals surface area contributed by atoms with E-state index in [9.17, 15) is 0 Å². The maximum absolute atomic E-state index is 15.1. The van der Waals surface area contributed by atoms with Crippen LogP contribution in [-0.2, 0) is 0 Å². The zero-order valence-corrected chi connectivity index (χ0v) is 56.2. The van der Waals surface area contributed by atoms with Gasteiger partial charge in [0.2, 0.25) is 0 Å². The Labute approximate surface area is 530 Å². The maximum Gasteiger partial charge on any atom is 0.254 e. The Balaban J connectivity index is 1.67. The fourth-order valence-corrected chi connectivity index (χ4v) is 11.2. The summed E-state index contributed by atoms with van der Waals surface area (Å²) in [6.45, 7) is 18.3. The molecule has 1 saturated heterocycles. The molecule has 492 valence electrons. The molecule has 3 amide bonds. The van der Waals surface area contributed by atoms with E-state index in [0.717, 1.165) is 77.0 Å². The first-order chi connectivity index (χ1) is 42.8. The van der Waals surface area contributed by atoms with Crippen molar-refractivity contribution in [3.05, 3.63) is 71.3 Å². The van der Waals surface area contributed by atoms with Crippen LogP contribution in [-0.4, -0.2) is 111 Å². The normalized spacial score (nSPS) is 12.8. The van der Waals surface area contributed by atoms with Crippen LogP contribution in [0.15, 0.2) is 54.6 Å². The summed E-state index contributed by atoms with van der Waals surface area (Å²) in [4.78, 5) is 50.6. The minimum Gasteiger partial charge on any atom is -0.490 e. The quantitative estimate of drug-likeness (QED) is 0.0509. The molecule has 1 aliphatic heterocycles. The molecule has 3 aromatic carbocycles. The third kappa shape index (κ3) is 31.3. The molecule has 1 heterocycles. The van der Waals surface area contributed by atoms with Gasteiger partial charge in [0.15, 0.2) is 34.5 Å². The van der Waals surface area contributed by atoms with Crippen LogP contribution in [0.2, 0.25) is 0 Å². The van der Waals surface area contributed by atoms with Gasteiger partial charge in [-0.05, 0) is 93.1 Å². The summed E-state index contributed by atoms with van der Waals surface area (Å²) in [6.07, 6.45) is 41.4. The standard InChI is InChI=1S/C75H123N3O9/c1-7-13-19-25-31-37-55-82-67-46-43-64(61-70(67)85-58-40-34-28-22-16-10-4)73(79)76-49-51-77(74(80)65-44-47-68(83-56-38-32-26-20-14-8-2)71(62-65)86-59-41-35-29-23-17-11-5)53-54-78(52-50-76)75(81)66-45-48-69(84-57-39-33-27-21-15-9-3)72(63-66)87-60-42-36-30-24-18-12-6/h43-48,61-63H,7-42,49-60H2,1-6H3. The molecule has 4 rings (SSSR count). The molecule has 0 aliphatic carbocycles. The molecule has 0 radical (unpaired) electrons. The Morgan fingerprint density at radius 2 is 0.425 bits per heavy atom. The van der Waals surface area contributed by atoms with Gasteiger partial charge in [-0.1, -0.05) is 234 Å². The first-order valence-corrected chi connectivity index (χ1v) is 35.8. The first-order valence-electron chi connectivity index (χ1n) is 35.8. The predicted octanol–water partition coefficient (Wildman–Crippen LogP) is 19.9. The van der Waals surface area contributed by atoms with Gasteiger partial charge in [-0.25, -0.2) is 0 Å². The highest BCUT2D eigenvalue weighted by Crippen LogP contribution is 2.33. The van der Waals surface area contributed by atoms with Crippen molar-refractivity contribution in [1.82, 2.24) is 14.7 Å². The van der Waals surface area contributed by atoms with Crippen LogP contribution in [0.25, 0.3) is 0 Å². The Morgan fingerprint density at radius 3 is 0.621 bits per heavy atom. The van der Waals surface area contributed by atoms with E-state index >= 15 is 14.4 Å². The lowest BCUT2D eigenvalue weighted by Crippen LogP contribution is -2.41. The topological polar surface area (TPSA) is 116 Å². The van der Waals surface area contributed by atoms with Gasteiger partial charge in [-0.15, -0.1) is 0 Å². The number of carbonyl (C=O) groups is 3. The van der Waals surface area contributed by atoms with Crippen LogP contribution < -0.4 is 28.4 Å². The second-order valence-corrected chi connectivity index (χ2v) is 24.6. The van der Waals surface area contributed by atoms with Crippen LogP contribution >= 0.6 is 0 Å². The molecule has 0 atom stereocenters. The lowest BCUT2D eigenvalue weighted by molar-refractivity contribution is 0.0679. The molecular weight excluding hydrogens is 1090 g/mol. The molecule has 0 spiro atoms. The maximum atomic E-state index is 15.1. The summed E-state index contributed by atoms with van der Waals surface area (Å²) in [5.74, 6) is 3.06. The predicted molar refractivity (Wildman–Crippen MR) is 360 cm³/mol. The van der Waals surface area contributed by atoms with Gasteiger partial charge in [-0.2, -0.15) is 0 Å². The lowest BCUT2D eigenvalue weighted by Gasteiger charge is -2.26. The average Bonchev–Trinajstić information content (AvgIpc) is 3.77. The number of carbonyl (C=O) groups excluding carboxylic acids is 3. The Morgan fingerprint density at radius 1 is 0.253 bits per heavy atom. The molecule has 1 aliphatic rings. The molecule has 0 N–H and O–H groups in total. The molecule has 3 aromatic rings. The number of benzene rings is 3. The van der Waals surface area contributed by atoms with Crippen LogP contribution in [0.5, 0.6) is 34.5 Å². The van der Waals surface area contributed by atoms with E-state index in [2.05, 4.69) is 41.5 Å². The van der Waals surface area contributed by atoms with E-state index in [1.54, 1.807) is 14.7 Å². The Kier molecular flexibility index (Phi) is 41.7. The molecule has 0 unspecified atom stereocenters. The largest absolute Gasteiger partial charge is 0.490 e. The third-order valence-corrected chi connectivity index (χ3v) is 16.9. The number of hydrogen-bond acceptors (Lipinski definition) is 9. The van der Waals surface area contributed by atoms with Gasteiger partial charge in [0.1, 0.15) is 0 Å². The SMILES string of the molecule is CCCCCCCCOc1ccc(C(=O)N2CCN(C(=O)c3ccc(OCCCCCCCC)c(OCCCCCCCC)c3)CCN(C(=O)c3ccc(OCCCCCCCC)c(OCCCCCCCC)c3)CC2)cc1OCCCCCCCC. The van der Waals surface area contributed by atoms with Crippen molar-refractivity contribution in [2.75, 3.05) is 78.9 Å². The minimum atomic E-state index is -0.196. The number of rotatable bonds is 51. The van der Waals surface area contributed by atoms with Gasteiger partial charge in [-0.3, -0.25) is 14.4 Å². The second kappa shape index (κ2) is 48.8. The van der Waals surface area contributed by atoms with E-state index in [4.69, 9.17) is 28.4 Å². The molecule has 0 bridgehead atoms. The van der Waals surface area contributed by atoms with Crippen molar-refractivity contribution in [1.29, 1.82) is 0 Å². The summed E-state index contributed by atoms with van der Waals surface area (Å²) in [5.41, 5.74) is 1.42. The summed E-state index contributed by atoms with van der Waals surface area (Å²) in [6, 6.07) is 16.6. The van der Waals surface area contributed by atoms with Gasteiger partial charge >= 0.3 is 0 Å². The van der Waals surface area contributed by atoms with Crippen LogP contribution in [0.4, 0.5) is 0 Å². The highest BCUT2D eigenvalue weighted by molar-refractivity contribution is 5.97. The van der Waals surface area contributed by atoms with Crippen LogP contribution in [0.1, 0.15) is 304 Å². The number of nitrogens with zero attached hydrogens (tertiary/aromatic N) is 3. The molecule has 12 heteroatoms. The van der Waals surface area contributed by atoms with E-state index in [0.29, 0.717) is 90.8 Å². The number of unbranched alkanes of at least 4 members (excludes halogenated alkanes) is 30. The van der Waals surface area contributed by atoms with Crippen molar-refractivity contribution in [2.24, 2.45) is 0 Å². The zero-order valence-electron chi connectivity index (χ0n) is 56.2. The molecule has 0 aromatic heterocycles. The molecule has 87 heavy (non-hydrogen) atoms. The van der Waals surface area contributed by atoms with Crippen LogP contribution in [0.3, 0.4) is 0 Å². The van der Waals surface area contributed by atoms with Crippen molar-refractivity contribution in [3.8, 4) is 34.5 Å². The van der Waals surface area contributed by atoms with E-state index in [1.807, 2.05) is 54.6 Å². The number of hydrogen-bond donors (Lipinski definition) is 0. The van der Waals surface area contributed by atoms with Gasteiger partial charge in [0.05, 0.1) is 39.6 Å². The number of amides is 3. The van der Waals surface area contributed by atoms with E-state index < -0.39 is 0 Å². The monoisotopic (exact) mass is 1210 g/mol. The summed E-state index contributed by atoms with van der Waals surface area (Å²) < 4.78 is 38.6. The molecule has 1 fully saturated rings. The lowest BCUT2D eigenvalue weighted by atomic mass is 10.1. The van der Waals surface area contributed by atoms with Gasteiger partial charge in [0, 0.05) is 56.0 Å². The Bertz CT molecular complexity index is 2000.